The molecule has 2 saturated heterocycles. The summed E-state index contributed by atoms with van der Waals surface area (Å²) in [6.07, 6.45) is 1.13. The maximum atomic E-state index is 13.1. The lowest BCUT2D eigenvalue weighted by atomic mass is 9.99. The topological polar surface area (TPSA) is 112 Å². The molecule has 2 bridgehead atoms. The summed E-state index contributed by atoms with van der Waals surface area (Å²) in [6, 6.07) is 13.0. The summed E-state index contributed by atoms with van der Waals surface area (Å²) in [4.78, 5) is 43.2. The monoisotopic (exact) mass is 395 g/mol. The van der Waals surface area contributed by atoms with Crippen molar-refractivity contribution in [1.29, 1.82) is 0 Å². The van der Waals surface area contributed by atoms with Crippen molar-refractivity contribution in [3.05, 3.63) is 48.2 Å². The highest BCUT2D eigenvalue weighted by molar-refractivity contribution is 5.94. The van der Waals surface area contributed by atoms with Gasteiger partial charge in [-0.05, 0) is 30.0 Å². The minimum Gasteiger partial charge on any atom is -0.352 e. The minimum atomic E-state index is -0.630. The molecule has 2 fully saturated rings. The van der Waals surface area contributed by atoms with Crippen molar-refractivity contribution in [2.75, 3.05) is 26.2 Å². The van der Waals surface area contributed by atoms with E-state index in [0.717, 1.165) is 17.7 Å². The second-order valence-corrected chi connectivity index (χ2v) is 7.70. The highest BCUT2D eigenvalue weighted by Gasteiger charge is 2.42. The van der Waals surface area contributed by atoms with Crippen LogP contribution in [-0.2, 0) is 4.79 Å². The Morgan fingerprint density at radius 3 is 2.62 bits per heavy atom. The number of fused-ring (bicyclic) bond motifs is 2. The number of hydrogen-bond acceptors (Lipinski definition) is 3. The largest absolute Gasteiger partial charge is 0.352 e. The predicted molar refractivity (Wildman–Crippen MR) is 108 cm³/mol. The van der Waals surface area contributed by atoms with E-state index in [4.69, 9.17) is 5.73 Å². The van der Waals surface area contributed by atoms with Gasteiger partial charge in [-0.3, -0.25) is 9.59 Å². The second kappa shape index (κ2) is 7.98. The number of carbonyl (C=O) groups is 3. The zero-order valence-corrected chi connectivity index (χ0v) is 16.1. The molecular formula is C21H25N5O3. The summed E-state index contributed by atoms with van der Waals surface area (Å²) in [5, 5.41) is 2.44. The van der Waals surface area contributed by atoms with Crippen LogP contribution in [0.5, 0.6) is 0 Å². The molecule has 8 nitrogen and oxygen atoms in total. The normalized spacial score (nSPS) is 20.6. The van der Waals surface area contributed by atoms with Crippen molar-refractivity contribution >= 4 is 17.8 Å². The molecule has 8 heteroatoms. The van der Waals surface area contributed by atoms with Crippen LogP contribution in [0, 0.1) is 5.92 Å². The molecule has 0 saturated carbocycles. The van der Waals surface area contributed by atoms with Crippen LogP contribution in [0.2, 0.25) is 0 Å². The fraction of sp³-hybridized carbons (Fsp3) is 0.381. The number of aromatic amines is 1. The smallest absolute Gasteiger partial charge is 0.312 e. The van der Waals surface area contributed by atoms with Crippen molar-refractivity contribution in [2.45, 2.75) is 18.9 Å². The lowest BCUT2D eigenvalue weighted by molar-refractivity contribution is -0.132. The summed E-state index contributed by atoms with van der Waals surface area (Å²) in [5.41, 5.74) is 7.55. The van der Waals surface area contributed by atoms with Crippen molar-refractivity contribution in [1.82, 2.24) is 20.1 Å². The third kappa shape index (κ3) is 4.11. The Balaban J connectivity index is 1.39. The minimum absolute atomic E-state index is 0.0195. The number of H-pyrrole nitrogens is 1. The second-order valence-electron chi connectivity index (χ2n) is 7.70. The molecule has 4 amide bonds. The standard InChI is InChI=1S/C21H25N5O3/c22-21(29)23-9-8-19(27)25-11-14-10-16(13-25)26(12-14)20(28)18-7-6-17(24-18)15-4-2-1-3-5-15/h1-7,14,16,24H,8-13H2,(H3,22,23,29). The fourth-order valence-electron chi connectivity index (χ4n) is 4.32. The average Bonchev–Trinajstić information content (AvgIpc) is 3.32. The van der Waals surface area contributed by atoms with Gasteiger partial charge in [0, 0.05) is 38.3 Å². The molecule has 0 radical (unpaired) electrons. The van der Waals surface area contributed by atoms with Gasteiger partial charge in [0.1, 0.15) is 5.69 Å². The fourth-order valence-corrected chi connectivity index (χ4v) is 4.32. The van der Waals surface area contributed by atoms with E-state index in [9.17, 15) is 14.4 Å². The molecule has 2 aliphatic heterocycles. The van der Waals surface area contributed by atoms with E-state index in [0.29, 0.717) is 25.3 Å². The molecule has 152 valence electrons. The van der Waals surface area contributed by atoms with Gasteiger partial charge < -0.3 is 25.8 Å². The van der Waals surface area contributed by atoms with Crippen molar-refractivity contribution < 1.29 is 14.4 Å². The van der Waals surface area contributed by atoms with E-state index in [-0.39, 0.29) is 36.7 Å². The summed E-state index contributed by atoms with van der Waals surface area (Å²) in [7, 11) is 0. The Kier molecular flexibility index (Phi) is 5.24. The van der Waals surface area contributed by atoms with Crippen LogP contribution in [0.15, 0.2) is 42.5 Å². The number of primary amides is 1. The van der Waals surface area contributed by atoms with Crippen molar-refractivity contribution in [3.8, 4) is 11.3 Å². The number of nitrogens with two attached hydrogens (primary N) is 1. The molecule has 4 rings (SSSR count). The van der Waals surface area contributed by atoms with Gasteiger partial charge in [0.25, 0.3) is 5.91 Å². The lowest BCUT2D eigenvalue weighted by Gasteiger charge is -2.32. The van der Waals surface area contributed by atoms with Gasteiger partial charge in [-0.25, -0.2) is 4.79 Å². The van der Waals surface area contributed by atoms with Gasteiger partial charge in [-0.15, -0.1) is 0 Å². The van der Waals surface area contributed by atoms with E-state index in [1.165, 1.54) is 0 Å². The van der Waals surface area contributed by atoms with Gasteiger partial charge >= 0.3 is 6.03 Å². The van der Waals surface area contributed by atoms with Crippen LogP contribution < -0.4 is 11.1 Å². The number of nitrogens with zero attached hydrogens (tertiary/aromatic N) is 2. The maximum absolute atomic E-state index is 13.1. The van der Waals surface area contributed by atoms with Crippen LogP contribution in [0.25, 0.3) is 11.3 Å². The Hall–Kier alpha value is -3.29. The Bertz CT molecular complexity index is 910. The summed E-state index contributed by atoms with van der Waals surface area (Å²) in [5.74, 6) is 0.243. The van der Waals surface area contributed by atoms with E-state index in [2.05, 4.69) is 10.3 Å². The first-order chi connectivity index (χ1) is 14.0. The predicted octanol–water partition coefficient (Wildman–Crippen LogP) is 1.41. The molecule has 1 aromatic heterocycles. The van der Waals surface area contributed by atoms with Crippen LogP contribution in [0.1, 0.15) is 23.3 Å². The van der Waals surface area contributed by atoms with Gasteiger partial charge in [0.15, 0.2) is 0 Å². The summed E-state index contributed by atoms with van der Waals surface area (Å²) < 4.78 is 0. The van der Waals surface area contributed by atoms with Crippen molar-refractivity contribution in [3.63, 3.8) is 0 Å². The SMILES string of the molecule is NC(=O)NCCC(=O)N1CC2CC(C1)N(C(=O)c1ccc(-c3ccccc3)[nH]1)C2. The number of nitrogens with one attached hydrogen (secondary N) is 2. The number of piperidine rings is 1. The van der Waals surface area contributed by atoms with Crippen LogP contribution >= 0.6 is 0 Å². The van der Waals surface area contributed by atoms with Gasteiger partial charge in [-0.2, -0.15) is 0 Å². The zero-order valence-electron chi connectivity index (χ0n) is 16.1. The molecule has 2 unspecified atom stereocenters. The summed E-state index contributed by atoms with van der Waals surface area (Å²) >= 11 is 0. The molecule has 2 aliphatic rings. The van der Waals surface area contributed by atoms with Crippen LogP contribution in [0.3, 0.4) is 0 Å². The Labute approximate surface area is 169 Å². The number of aromatic nitrogens is 1. The van der Waals surface area contributed by atoms with E-state index in [1.807, 2.05) is 47.4 Å². The third-order valence-corrected chi connectivity index (χ3v) is 5.66. The molecule has 3 heterocycles. The molecule has 0 spiro atoms. The first kappa shape index (κ1) is 19.0. The highest BCUT2D eigenvalue weighted by atomic mass is 16.2. The average molecular weight is 395 g/mol. The lowest BCUT2D eigenvalue weighted by Crippen LogP contribution is -2.47. The molecule has 29 heavy (non-hydrogen) atoms. The number of hydrogen-bond donors (Lipinski definition) is 3. The third-order valence-electron chi connectivity index (χ3n) is 5.66. The summed E-state index contributed by atoms with van der Waals surface area (Å²) in [6.45, 7) is 2.07. The van der Waals surface area contributed by atoms with Crippen LogP contribution in [-0.4, -0.2) is 64.9 Å². The molecule has 2 aromatic rings. The van der Waals surface area contributed by atoms with Crippen molar-refractivity contribution in [2.24, 2.45) is 11.7 Å². The first-order valence-corrected chi connectivity index (χ1v) is 9.87. The molecule has 0 aliphatic carbocycles. The number of likely N-dealkylation sites (tertiary alicyclic amines) is 2. The Morgan fingerprint density at radius 1 is 1.07 bits per heavy atom. The molecular weight excluding hydrogens is 370 g/mol. The van der Waals surface area contributed by atoms with E-state index >= 15 is 0 Å². The number of benzene rings is 1. The number of carbonyl (C=O) groups excluding carboxylic acids is 3. The zero-order chi connectivity index (χ0) is 20.4. The van der Waals surface area contributed by atoms with E-state index < -0.39 is 6.03 Å². The van der Waals surface area contributed by atoms with Gasteiger partial charge in [-0.1, -0.05) is 30.3 Å². The van der Waals surface area contributed by atoms with Gasteiger partial charge in [0.2, 0.25) is 5.91 Å². The molecule has 1 aromatic carbocycles. The van der Waals surface area contributed by atoms with Crippen LogP contribution in [0.4, 0.5) is 4.79 Å². The number of rotatable bonds is 5. The molecule has 2 atom stereocenters. The number of amides is 4. The Morgan fingerprint density at radius 2 is 1.86 bits per heavy atom. The van der Waals surface area contributed by atoms with Gasteiger partial charge in [0.05, 0.1) is 6.04 Å². The first-order valence-electron chi connectivity index (χ1n) is 9.87. The highest BCUT2D eigenvalue weighted by Crippen LogP contribution is 2.31. The number of urea groups is 1. The van der Waals surface area contributed by atoms with E-state index in [1.54, 1.807) is 4.90 Å². The maximum Gasteiger partial charge on any atom is 0.312 e. The quantitative estimate of drug-likeness (QED) is 0.712. The molecule has 4 N–H and O–H groups in total.